The number of thioether (sulfide) groups is 1. The van der Waals surface area contributed by atoms with E-state index in [9.17, 15) is 8.42 Å². The Balaban J connectivity index is 3.27. The number of sulfone groups is 1. The molecule has 0 atom stereocenters. The van der Waals surface area contributed by atoms with Crippen LogP contribution in [-0.2, 0) is 9.84 Å². The van der Waals surface area contributed by atoms with E-state index in [-0.39, 0.29) is 12.4 Å². The molecule has 0 aromatic carbocycles. The lowest BCUT2D eigenvalue weighted by atomic mass is 10.5. The van der Waals surface area contributed by atoms with Crippen LogP contribution in [0.4, 0.5) is 0 Å². The fourth-order valence-electron chi connectivity index (χ4n) is 1.18. The third-order valence-corrected chi connectivity index (χ3v) is 4.90. The first-order chi connectivity index (χ1) is 7.62. The minimum atomic E-state index is -2.84. The van der Waals surface area contributed by atoms with Crippen LogP contribution in [0.15, 0.2) is 0 Å². The van der Waals surface area contributed by atoms with Crippen LogP contribution in [0.25, 0.3) is 0 Å². The molecule has 0 aliphatic carbocycles. The van der Waals surface area contributed by atoms with Crippen molar-refractivity contribution in [3.63, 3.8) is 0 Å². The Hall–Kier alpha value is 0.220. The van der Waals surface area contributed by atoms with Crippen LogP contribution < -0.4 is 5.32 Å². The molecule has 4 nitrogen and oxygen atoms in total. The van der Waals surface area contributed by atoms with Gasteiger partial charge in [-0.2, -0.15) is 11.8 Å². The highest BCUT2D eigenvalue weighted by atomic mass is 32.2. The van der Waals surface area contributed by atoms with Crippen molar-refractivity contribution in [2.75, 3.05) is 42.7 Å². The van der Waals surface area contributed by atoms with Crippen LogP contribution in [0.5, 0.6) is 0 Å². The molecule has 2 N–H and O–H groups in total. The normalized spacial score (nSPS) is 11.9. The largest absolute Gasteiger partial charge is 0.396 e. The van der Waals surface area contributed by atoms with Crippen molar-refractivity contribution in [3.8, 4) is 0 Å². The lowest BCUT2D eigenvalue weighted by molar-refractivity contribution is 0.296. The van der Waals surface area contributed by atoms with Gasteiger partial charge in [0.25, 0.3) is 0 Å². The third-order valence-electron chi connectivity index (χ3n) is 1.97. The van der Waals surface area contributed by atoms with Gasteiger partial charge in [-0.05, 0) is 18.6 Å². The lowest BCUT2D eigenvalue weighted by Gasteiger charge is -2.05. The summed E-state index contributed by atoms with van der Waals surface area (Å²) in [4.78, 5) is 0. The molecule has 0 aromatic rings. The van der Waals surface area contributed by atoms with E-state index in [1.165, 1.54) is 0 Å². The molecular weight excluding hydrogens is 246 g/mol. The standard InChI is InChI=1S/C10H23NO3S2/c1-2-9-16(13,14)10-5-11-4-8-15-7-3-6-12/h11-12H,2-10H2,1H3. The molecule has 0 radical (unpaired) electrons. The van der Waals surface area contributed by atoms with Crippen LogP contribution >= 0.6 is 11.8 Å². The lowest BCUT2D eigenvalue weighted by Crippen LogP contribution is -2.26. The molecule has 0 saturated heterocycles. The Morgan fingerprint density at radius 3 is 2.56 bits per heavy atom. The van der Waals surface area contributed by atoms with Crippen LogP contribution in [0.1, 0.15) is 19.8 Å². The number of aliphatic hydroxyl groups is 1. The third kappa shape index (κ3) is 10.7. The van der Waals surface area contributed by atoms with E-state index in [1.54, 1.807) is 11.8 Å². The van der Waals surface area contributed by atoms with E-state index in [0.717, 1.165) is 24.5 Å². The molecular formula is C10H23NO3S2. The Labute approximate surface area is 103 Å². The van der Waals surface area contributed by atoms with E-state index >= 15 is 0 Å². The zero-order chi connectivity index (χ0) is 12.3. The second-order valence-corrected chi connectivity index (χ2v) is 7.12. The summed E-state index contributed by atoms with van der Waals surface area (Å²) in [6.07, 6.45) is 1.52. The predicted molar refractivity (Wildman–Crippen MR) is 70.8 cm³/mol. The second-order valence-electron chi connectivity index (χ2n) is 3.59. The molecule has 0 fully saturated rings. The van der Waals surface area contributed by atoms with E-state index in [1.807, 2.05) is 6.92 Å². The summed E-state index contributed by atoms with van der Waals surface area (Å²) in [6.45, 7) is 3.50. The van der Waals surface area contributed by atoms with Gasteiger partial charge in [0.1, 0.15) is 0 Å². The fourth-order valence-corrected chi connectivity index (χ4v) is 3.29. The second kappa shape index (κ2) is 10.4. The topological polar surface area (TPSA) is 66.4 Å². The average molecular weight is 269 g/mol. The average Bonchev–Trinajstić information content (AvgIpc) is 2.22. The van der Waals surface area contributed by atoms with E-state index < -0.39 is 9.84 Å². The number of rotatable bonds is 11. The molecule has 0 aromatic heterocycles. The molecule has 0 aliphatic heterocycles. The van der Waals surface area contributed by atoms with Crippen molar-refractivity contribution in [3.05, 3.63) is 0 Å². The fraction of sp³-hybridized carbons (Fsp3) is 1.00. The van der Waals surface area contributed by atoms with Gasteiger partial charge in [0.2, 0.25) is 0 Å². The molecule has 0 saturated carbocycles. The maximum atomic E-state index is 11.3. The zero-order valence-electron chi connectivity index (χ0n) is 9.94. The van der Waals surface area contributed by atoms with Gasteiger partial charge in [0, 0.05) is 31.2 Å². The van der Waals surface area contributed by atoms with Crippen molar-refractivity contribution in [2.24, 2.45) is 0 Å². The molecule has 0 rings (SSSR count). The highest BCUT2D eigenvalue weighted by Crippen LogP contribution is 1.99. The van der Waals surface area contributed by atoms with Gasteiger partial charge < -0.3 is 10.4 Å². The van der Waals surface area contributed by atoms with Crippen LogP contribution in [0.2, 0.25) is 0 Å². The van der Waals surface area contributed by atoms with Crippen molar-refractivity contribution < 1.29 is 13.5 Å². The van der Waals surface area contributed by atoms with Crippen molar-refractivity contribution in [1.29, 1.82) is 0 Å². The first-order valence-electron chi connectivity index (χ1n) is 5.72. The van der Waals surface area contributed by atoms with Crippen molar-refractivity contribution in [1.82, 2.24) is 5.32 Å². The van der Waals surface area contributed by atoms with Gasteiger partial charge in [0.05, 0.1) is 5.75 Å². The van der Waals surface area contributed by atoms with Crippen molar-refractivity contribution in [2.45, 2.75) is 19.8 Å². The van der Waals surface area contributed by atoms with Crippen LogP contribution in [0.3, 0.4) is 0 Å². The number of nitrogens with one attached hydrogen (secondary N) is 1. The monoisotopic (exact) mass is 269 g/mol. The van der Waals surface area contributed by atoms with Gasteiger partial charge >= 0.3 is 0 Å². The zero-order valence-corrected chi connectivity index (χ0v) is 11.6. The summed E-state index contributed by atoms with van der Waals surface area (Å²) >= 11 is 1.77. The van der Waals surface area contributed by atoms with E-state index in [2.05, 4.69) is 5.32 Å². The van der Waals surface area contributed by atoms with Crippen molar-refractivity contribution >= 4 is 21.6 Å². The molecule has 0 amide bonds. The summed E-state index contributed by atoms with van der Waals surface area (Å²) in [6, 6.07) is 0. The quantitative estimate of drug-likeness (QED) is 0.535. The highest BCUT2D eigenvalue weighted by Gasteiger charge is 2.07. The number of hydrogen-bond acceptors (Lipinski definition) is 5. The minimum Gasteiger partial charge on any atom is -0.396 e. The van der Waals surface area contributed by atoms with Gasteiger partial charge in [-0.1, -0.05) is 6.92 Å². The van der Waals surface area contributed by atoms with Gasteiger partial charge in [-0.15, -0.1) is 0 Å². The van der Waals surface area contributed by atoms with E-state index in [4.69, 9.17) is 5.11 Å². The smallest absolute Gasteiger partial charge is 0.151 e. The molecule has 6 heteroatoms. The van der Waals surface area contributed by atoms with Crippen LogP contribution in [0, 0.1) is 0 Å². The summed E-state index contributed by atoms with van der Waals surface area (Å²) < 4.78 is 22.7. The first kappa shape index (κ1) is 16.2. The SMILES string of the molecule is CCCS(=O)(=O)CCNCCSCCCO. The first-order valence-corrected chi connectivity index (χ1v) is 8.69. The summed E-state index contributed by atoms with van der Waals surface area (Å²) in [7, 11) is -2.84. The van der Waals surface area contributed by atoms with Gasteiger partial charge in [-0.25, -0.2) is 8.42 Å². The Bertz CT molecular complexity index is 242. The molecule has 98 valence electrons. The number of aliphatic hydroxyl groups excluding tert-OH is 1. The summed E-state index contributed by atoms with van der Waals surface area (Å²) in [5, 5.41) is 11.7. The molecule has 0 aliphatic rings. The number of hydrogen-bond donors (Lipinski definition) is 2. The summed E-state index contributed by atoms with van der Waals surface area (Å²) in [5.41, 5.74) is 0. The Morgan fingerprint density at radius 1 is 1.19 bits per heavy atom. The Kier molecular flexibility index (Phi) is 10.5. The van der Waals surface area contributed by atoms with Gasteiger partial charge in [-0.3, -0.25) is 0 Å². The Morgan fingerprint density at radius 2 is 1.94 bits per heavy atom. The van der Waals surface area contributed by atoms with E-state index in [0.29, 0.717) is 18.7 Å². The van der Waals surface area contributed by atoms with Gasteiger partial charge in [0.15, 0.2) is 9.84 Å². The maximum absolute atomic E-state index is 11.3. The van der Waals surface area contributed by atoms with Crippen LogP contribution in [-0.4, -0.2) is 56.2 Å². The maximum Gasteiger partial charge on any atom is 0.151 e. The predicted octanol–water partition coefficient (Wildman–Crippen LogP) is 0.516. The minimum absolute atomic E-state index is 0.238. The molecule has 0 unspecified atom stereocenters. The molecule has 0 spiro atoms. The summed E-state index contributed by atoms with van der Waals surface area (Å²) in [5.74, 6) is 2.46. The highest BCUT2D eigenvalue weighted by molar-refractivity contribution is 7.99. The molecule has 16 heavy (non-hydrogen) atoms. The molecule has 0 bridgehead atoms. The molecule has 0 heterocycles.